The third-order valence-corrected chi connectivity index (χ3v) is 3.42. The van der Waals surface area contributed by atoms with E-state index < -0.39 is 0 Å². The van der Waals surface area contributed by atoms with Crippen molar-refractivity contribution in [1.29, 1.82) is 0 Å². The maximum absolute atomic E-state index is 5.73. The highest BCUT2D eigenvalue weighted by Crippen LogP contribution is 2.21. The largest absolute Gasteiger partial charge is 0.496 e. The fourth-order valence-electron chi connectivity index (χ4n) is 2.47. The molecule has 0 atom stereocenters. The van der Waals surface area contributed by atoms with E-state index in [4.69, 9.17) is 10.5 Å². The quantitative estimate of drug-likeness (QED) is 0.867. The average molecular weight is 234 g/mol. The van der Waals surface area contributed by atoms with Gasteiger partial charge in [0.2, 0.25) is 0 Å². The lowest BCUT2D eigenvalue weighted by Crippen LogP contribution is -2.29. The number of benzene rings is 1. The van der Waals surface area contributed by atoms with Crippen LogP contribution in [0.15, 0.2) is 18.2 Å². The van der Waals surface area contributed by atoms with Gasteiger partial charge in [0.25, 0.3) is 0 Å². The highest BCUT2D eigenvalue weighted by atomic mass is 16.5. The summed E-state index contributed by atoms with van der Waals surface area (Å²) in [5, 5.41) is 0. The van der Waals surface area contributed by atoms with Crippen molar-refractivity contribution in [3.63, 3.8) is 0 Å². The van der Waals surface area contributed by atoms with E-state index in [-0.39, 0.29) is 0 Å². The van der Waals surface area contributed by atoms with Crippen LogP contribution in [0.4, 0.5) is 0 Å². The summed E-state index contributed by atoms with van der Waals surface area (Å²) >= 11 is 0. The molecule has 0 aliphatic carbocycles. The molecule has 3 nitrogen and oxygen atoms in total. The Hall–Kier alpha value is -1.06. The fourth-order valence-corrected chi connectivity index (χ4v) is 2.47. The average Bonchev–Trinajstić information content (AvgIpc) is 2.40. The molecule has 1 fully saturated rings. The van der Waals surface area contributed by atoms with Gasteiger partial charge in [-0.15, -0.1) is 0 Å². The first kappa shape index (κ1) is 12.4. The van der Waals surface area contributed by atoms with Gasteiger partial charge in [-0.1, -0.05) is 12.5 Å². The number of likely N-dealkylation sites (tertiary alicyclic amines) is 1. The van der Waals surface area contributed by atoms with Gasteiger partial charge in [-0.2, -0.15) is 0 Å². The predicted molar refractivity (Wildman–Crippen MR) is 70.0 cm³/mol. The molecule has 1 saturated heterocycles. The van der Waals surface area contributed by atoms with Gasteiger partial charge in [0.15, 0.2) is 0 Å². The lowest BCUT2D eigenvalue weighted by atomic mass is 10.1. The van der Waals surface area contributed by atoms with Crippen LogP contribution >= 0.6 is 0 Å². The number of piperidine rings is 1. The third-order valence-electron chi connectivity index (χ3n) is 3.42. The van der Waals surface area contributed by atoms with Crippen LogP contribution in [0.2, 0.25) is 0 Å². The topological polar surface area (TPSA) is 38.5 Å². The van der Waals surface area contributed by atoms with Gasteiger partial charge in [0.05, 0.1) is 7.11 Å². The van der Waals surface area contributed by atoms with Gasteiger partial charge in [0.1, 0.15) is 5.75 Å². The molecule has 3 heteroatoms. The first-order valence-corrected chi connectivity index (χ1v) is 6.41. The molecular formula is C14H22N2O. The van der Waals surface area contributed by atoms with Crippen LogP contribution in [0.3, 0.4) is 0 Å². The molecule has 2 rings (SSSR count). The number of nitrogens with two attached hydrogens (primary N) is 1. The van der Waals surface area contributed by atoms with Crippen LogP contribution in [0.1, 0.15) is 30.4 Å². The molecule has 94 valence electrons. The molecule has 2 N–H and O–H groups in total. The highest BCUT2D eigenvalue weighted by molar-refractivity contribution is 5.37. The van der Waals surface area contributed by atoms with E-state index in [1.807, 2.05) is 6.07 Å². The molecule has 0 amide bonds. The Morgan fingerprint density at radius 3 is 2.65 bits per heavy atom. The van der Waals surface area contributed by atoms with E-state index in [0.717, 1.165) is 17.9 Å². The van der Waals surface area contributed by atoms with Crippen LogP contribution in [0.5, 0.6) is 5.75 Å². The molecule has 0 aromatic heterocycles. The molecule has 1 heterocycles. The van der Waals surface area contributed by atoms with Crippen LogP contribution in [-0.4, -0.2) is 25.1 Å². The molecule has 17 heavy (non-hydrogen) atoms. The molecule has 0 bridgehead atoms. The van der Waals surface area contributed by atoms with Gasteiger partial charge in [-0.25, -0.2) is 0 Å². The number of hydrogen-bond donors (Lipinski definition) is 1. The predicted octanol–water partition coefficient (Wildman–Crippen LogP) is 2.14. The van der Waals surface area contributed by atoms with Crippen molar-refractivity contribution in [2.75, 3.05) is 20.2 Å². The Labute approximate surface area is 104 Å². The number of rotatable bonds is 4. The number of nitrogens with zero attached hydrogens (tertiary/aromatic N) is 1. The first-order chi connectivity index (χ1) is 8.33. The second kappa shape index (κ2) is 6.03. The SMILES string of the molecule is COc1ccc(CN2CCCCC2)cc1CN. The van der Waals surface area contributed by atoms with Crippen LogP contribution in [0.25, 0.3) is 0 Å². The molecular weight excluding hydrogens is 212 g/mol. The summed E-state index contributed by atoms with van der Waals surface area (Å²) in [5.41, 5.74) is 8.17. The minimum Gasteiger partial charge on any atom is -0.496 e. The zero-order valence-corrected chi connectivity index (χ0v) is 10.6. The Kier molecular flexibility index (Phi) is 4.40. The van der Waals surface area contributed by atoms with Crippen LogP contribution in [0, 0.1) is 0 Å². The number of hydrogen-bond acceptors (Lipinski definition) is 3. The van der Waals surface area contributed by atoms with Crippen LogP contribution < -0.4 is 10.5 Å². The molecule has 1 aromatic rings. The summed E-state index contributed by atoms with van der Waals surface area (Å²) in [6.07, 6.45) is 4.05. The normalized spacial score (nSPS) is 17.1. The Balaban J connectivity index is 2.05. The zero-order valence-electron chi connectivity index (χ0n) is 10.6. The lowest BCUT2D eigenvalue weighted by Gasteiger charge is -2.26. The Morgan fingerprint density at radius 2 is 2.00 bits per heavy atom. The van der Waals surface area contributed by atoms with E-state index in [1.165, 1.54) is 37.9 Å². The van der Waals surface area contributed by atoms with Crippen molar-refractivity contribution >= 4 is 0 Å². The molecule has 0 spiro atoms. The van der Waals surface area contributed by atoms with Crippen molar-refractivity contribution in [1.82, 2.24) is 4.90 Å². The van der Waals surface area contributed by atoms with Crippen LogP contribution in [-0.2, 0) is 13.1 Å². The molecule has 1 aromatic carbocycles. The first-order valence-electron chi connectivity index (χ1n) is 6.41. The second-order valence-electron chi connectivity index (χ2n) is 4.69. The van der Waals surface area contributed by atoms with E-state index in [9.17, 15) is 0 Å². The summed E-state index contributed by atoms with van der Waals surface area (Å²) in [6.45, 7) is 4.03. The Morgan fingerprint density at radius 1 is 1.24 bits per heavy atom. The highest BCUT2D eigenvalue weighted by Gasteiger charge is 2.11. The zero-order chi connectivity index (χ0) is 12.1. The van der Waals surface area contributed by atoms with Gasteiger partial charge in [-0.05, 0) is 43.6 Å². The molecule has 1 aliphatic rings. The molecule has 0 saturated carbocycles. The van der Waals surface area contributed by atoms with Crippen molar-refractivity contribution in [2.45, 2.75) is 32.4 Å². The smallest absolute Gasteiger partial charge is 0.123 e. The molecule has 0 radical (unpaired) electrons. The minimum absolute atomic E-state index is 0.539. The summed E-state index contributed by atoms with van der Waals surface area (Å²) in [4.78, 5) is 2.52. The minimum atomic E-state index is 0.539. The number of ether oxygens (including phenoxy) is 1. The van der Waals surface area contributed by atoms with Crippen molar-refractivity contribution < 1.29 is 4.74 Å². The van der Waals surface area contributed by atoms with E-state index in [0.29, 0.717) is 6.54 Å². The second-order valence-corrected chi connectivity index (χ2v) is 4.69. The Bertz CT molecular complexity index is 359. The van der Waals surface area contributed by atoms with Gasteiger partial charge in [-0.3, -0.25) is 4.90 Å². The van der Waals surface area contributed by atoms with Crippen molar-refractivity contribution in [2.24, 2.45) is 5.73 Å². The van der Waals surface area contributed by atoms with Crippen molar-refractivity contribution in [3.05, 3.63) is 29.3 Å². The monoisotopic (exact) mass is 234 g/mol. The van der Waals surface area contributed by atoms with E-state index in [2.05, 4.69) is 17.0 Å². The molecule has 0 unspecified atom stereocenters. The van der Waals surface area contributed by atoms with Gasteiger partial charge < -0.3 is 10.5 Å². The maximum Gasteiger partial charge on any atom is 0.123 e. The summed E-state index contributed by atoms with van der Waals surface area (Å²) in [7, 11) is 1.69. The van der Waals surface area contributed by atoms with Gasteiger partial charge in [0, 0.05) is 18.7 Å². The summed E-state index contributed by atoms with van der Waals surface area (Å²) in [5.74, 6) is 0.898. The van der Waals surface area contributed by atoms with Crippen molar-refractivity contribution in [3.8, 4) is 5.75 Å². The third kappa shape index (κ3) is 3.20. The lowest BCUT2D eigenvalue weighted by molar-refractivity contribution is 0.221. The molecule has 1 aliphatic heterocycles. The standard InChI is InChI=1S/C14H22N2O/c1-17-14-6-5-12(9-13(14)10-15)11-16-7-3-2-4-8-16/h5-6,9H,2-4,7-8,10-11,15H2,1H3. The summed E-state index contributed by atoms with van der Waals surface area (Å²) in [6, 6.07) is 6.35. The fraction of sp³-hybridized carbons (Fsp3) is 0.571. The maximum atomic E-state index is 5.73. The number of methoxy groups -OCH3 is 1. The van der Waals surface area contributed by atoms with E-state index in [1.54, 1.807) is 7.11 Å². The summed E-state index contributed by atoms with van der Waals surface area (Å²) < 4.78 is 5.29. The van der Waals surface area contributed by atoms with Gasteiger partial charge >= 0.3 is 0 Å². The van der Waals surface area contributed by atoms with E-state index >= 15 is 0 Å².